The van der Waals surface area contributed by atoms with E-state index in [1.807, 2.05) is 38.1 Å². The lowest BCUT2D eigenvalue weighted by Gasteiger charge is -2.34. The summed E-state index contributed by atoms with van der Waals surface area (Å²) >= 11 is 0. The molecule has 1 atom stereocenters. The molecule has 0 saturated carbocycles. The molecular weight excluding hydrogens is 324 g/mol. The van der Waals surface area contributed by atoms with Gasteiger partial charge in [0.15, 0.2) is 5.79 Å². The third kappa shape index (κ3) is 6.14. The Kier molecular flexibility index (Phi) is 6.56. The molecule has 1 aromatic carbocycles. The van der Waals surface area contributed by atoms with Crippen molar-refractivity contribution in [1.82, 2.24) is 0 Å². The number of Topliss-reactive ketones (excluding diaryl/α,β-unsaturated/α-hetero) is 1. The summed E-state index contributed by atoms with van der Waals surface area (Å²) in [6.07, 6.45) is 0.841. The highest BCUT2D eigenvalue weighted by atomic mass is 16.7. The number of hydrogen-bond acceptors (Lipinski definition) is 5. The minimum Gasteiger partial charge on any atom is -0.493 e. The summed E-state index contributed by atoms with van der Waals surface area (Å²) in [5.41, 5.74) is 0.978. The van der Waals surface area contributed by atoms with Crippen LogP contribution in [0.1, 0.15) is 32.8 Å². The molecule has 0 bridgehead atoms. The number of carbonyl (C=O) groups excluding carboxylic acids is 1. The van der Waals surface area contributed by atoms with Crippen LogP contribution in [0.25, 0.3) is 0 Å². The fourth-order valence-electron chi connectivity index (χ4n) is 2.60. The second-order valence-electron chi connectivity index (χ2n) is 6.88. The Balaban J connectivity index is 1.78. The van der Waals surface area contributed by atoms with Gasteiger partial charge in [-0.1, -0.05) is 12.1 Å². The van der Waals surface area contributed by atoms with Crippen LogP contribution in [0.15, 0.2) is 24.3 Å². The van der Waals surface area contributed by atoms with Crippen LogP contribution in [0, 0.1) is 11.8 Å². The third-order valence-electron chi connectivity index (χ3n) is 4.25. The van der Waals surface area contributed by atoms with Gasteiger partial charge in [-0.2, -0.15) is 0 Å². The monoisotopic (exact) mass is 350 g/mol. The summed E-state index contributed by atoms with van der Waals surface area (Å²) in [6.45, 7) is 6.82. The van der Waals surface area contributed by atoms with E-state index in [1.54, 1.807) is 0 Å². The molecule has 1 aliphatic heterocycles. The van der Waals surface area contributed by atoms with Gasteiger partial charge in [-0.25, -0.2) is 0 Å². The number of rotatable bonds is 8. The molecule has 0 radical (unpaired) electrons. The van der Waals surface area contributed by atoms with Gasteiger partial charge < -0.3 is 19.3 Å². The fourth-order valence-corrected chi connectivity index (χ4v) is 2.60. The van der Waals surface area contributed by atoms with Gasteiger partial charge in [0, 0.05) is 5.92 Å². The van der Waals surface area contributed by atoms with Crippen molar-refractivity contribution >= 4 is 11.8 Å². The van der Waals surface area contributed by atoms with E-state index < -0.39 is 17.7 Å². The van der Waals surface area contributed by atoms with Gasteiger partial charge in [-0.05, 0) is 51.3 Å². The third-order valence-corrected chi connectivity index (χ3v) is 4.25. The van der Waals surface area contributed by atoms with Crippen LogP contribution in [-0.2, 0) is 25.5 Å². The van der Waals surface area contributed by atoms with Gasteiger partial charge in [0.05, 0.1) is 19.8 Å². The first kappa shape index (κ1) is 19.4. The Morgan fingerprint density at radius 3 is 2.36 bits per heavy atom. The molecule has 1 unspecified atom stereocenters. The summed E-state index contributed by atoms with van der Waals surface area (Å²) in [6, 6.07) is 7.50. The predicted octanol–water partition coefficient (Wildman–Crippen LogP) is 2.69. The predicted molar refractivity (Wildman–Crippen MR) is 91.5 cm³/mol. The molecule has 6 nitrogen and oxygen atoms in total. The van der Waals surface area contributed by atoms with E-state index in [2.05, 4.69) is 0 Å². The van der Waals surface area contributed by atoms with Gasteiger partial charge in [0.25, 0.3) is 0 Å². The number of ketones is 1. The lowest BCUT2D eigenvalue weighted by atomic mass is 9.96. The van der Waals surface area contributed by atoms with E-state index in [4.69, 9.17) is 19.3 Å². The van der Waals surface area contributed by atoms with Gasteiger partial charge in [-0.3, -0.25) is 9.59 Å². The Morgan fingerprint density at radius 2 is 1.84 bits per heavy atom. The minimum atomic E-state index is -1.06. The van der Waals surface area contributed by atoms with Crippen LogP contribution < -0.4 is 4.74 Å². The van der Waals surface area contributed by atoms with Gasteiger partial charge in [0.2, 0.25) is 0 Å². The second kappa shape index (κ2) is 8.45. The average Bonchev–Trinajstić information content (AvgIpc) is 2.54. The normalized spacial score (nSPS) is 18.5. The summed E-state index contributed by atoms with van der Waals surface area (Å²) < 4.78 is 17.0. The molecule has 2 rings (SSSR count). The van der Waals surface area contributed by atoms with Crippen molar-refractivity contribution in [2.75, 3.05) is 19.8 Å². The molecular formula is C19H26O6. The first-order chi connectivity index (χ1) is 11.8. The molecule has 1 aliphatic rings. The van der Waals surface area contributed by atoms with Crippen molar-refractivity contribution in [2.45, 2.75) is 39.4 Å². The molecule has 1 saturated heterocycles. The first-order valence-corrected chi connectivity index (χ1v) is 8.50. The van der Waals surface area contributed by atoms with Crippen molar-refractivity contribution in [3.05, 3.63) is 29.8 Å². The number of aliphatic carboxylic acids is 1. The number of carboxylic acids is 1. The van der Waals surface area contributed by atoms with E-state index in [0.29, 0.717) is 32.7 Å². The lowest BCUT2D eigenvalue weighted by Crippen LogP contribution is -2.41. The van der Waals surface area contributed by atoms with Gasteiger partial charge in [0.1, 0.15) is 17.5 Å². The topological polar surface area (TPSA) is 82.1 Å². The number of hydrogen-bond donors (Lipinski definition) is 1. The Morgan fingerprint density at radius 1 is 1.24 bits per heavy atom. The smallest absolute Gasteiger partial charge is 0.314 e. The van der Waals surface area contributed by atoms with Crippen molar-refractivity contribution < 1.29 is 28.9 Å². The Bertz CT molecular complexity index is 568. The number of aryl methyl sites for hydroxylation is 1. The van der Waals surface area contributed by atoms with Crippen molar-refractivity contribution in [2.24, 2.45) is 11.8 Å². The van der Waals surface area contributed by atoms with Crippen LogP contribution >= 0.6 is 0 Å². The zero-order valence-electron chi connectivity index (χ0n) is 15.0. The van der Waals surface area contributed by atoms with Crippen LogP contribution in [-0.4, -0.2) is 42.5 Å². The molecule has 1 N–H and O–H groups in total. The summed E-state index contributed by atoms with van der Waals surface area (Å²) in [5, 5.41) is 9.03. The molecule has 0 spiro atoms. The zero-order valence-corrected chi connectivity index (χ0v) is 15.0. The molecule has 1 fully saturated rings. The number of carboxylic acid groups (broad SMARTS) is 1. The highest BCUT2D eigenvalue weighted by molar-refractivity contribution is 5.96. The second-order valence-corrected chi connectivity index (χ2v) is 6.88. The van der Waals surface area contributed by atoms with E-state index in [-0.39, 0.29) is 11.7 Å². The van der Waals surface area contributed by atoms with E-state index in [0.717, 1.165) is 11.3 Å². The molecule has 0 aromatic heterocycles. The maximum Gasteiger partial charge on any atom is 0.314 e. The summed E-state index contributed by atoms with van der Waals surface area (Å²) in [5.74, 6) is -1.90. The average molecular weight is 350 g/mol. The Labute approximate surface area is 148 Å². The molecule has 1 heterocycles. The lowest BCUT2D eigenvalue weighted by molar-refractivity contribution is -0.264. The molecule has 6 heteroatoms. The highest BCUT2D eigenvalue weighted by Gasteiger charge is 2.28. The van der Waals surface area contributed by atoms with Crippen LogP contribution in [0.5, 0.6) is 5.75 Å². The quantitative estimate of drug-likeness (QED) is 0.726. The number of carbonyl (C=O) groups is 2. The molecule has 138 valence electrons. The molecule has 0 aliphatic carbocycles. The summed E-state index contributed by atoms with van der Waals surface area (Å²) in [7, 11) is 0. The summed E-state index contributed by atoms with van der Waals surface area (Å²) in [4.78, 5) is 22.3. The minimum absolute atomic E-state index is 0.194. The SMILES string of the molecule is CC(=O)C(CCc1ccc(OCC2COC(C)(C)OC2)cc1)C(=O)O. The van der Waals surface area contributed by atoms with Crippen LogP contribution in [0.4, 0.5) is 0 Å². The maximum atomic E-state index is 11.3. The van der Waals surface area contributed by atoms with Gasteiger partial charge >= 0.3 is 5.97 Å². The van der Waals surface area contributed by atoms with Crippen LogP contribution in [0.2, 0.25) is 0 Å². The van der Waals surface area contributed by atoms with Crippen LogP contribution in [0.3, 0.4) is 0 Å². The standard InChI is InChI=1S/C19H26O6/c1-13(20)17(18(21)22)9-6-14-4-7-16(8-5-14)23-10-15-11-24-19(2,3)25-12-15/h4-5,7-8,15,17H,6,9-12H2,1-3H3,(H,21,22). The van der Waals surface area contributed by atoms with Gasteiger partial charge in [-0.15, -0.1) is 0 Å². The van der Waals surface area contributed by atoms with Crippen molar-refractivity contribution in [3.63, 3.8) is 0 Å². The largest absolute Gasteiger partial charge is 0.493 e. The molecule has 1 aromatic rings. The van der Waals surface area contributed by atoms with Crippen molar-refractivity contribution in [1.29, 1.82) is 0 Å². The maximum absolute atomic E-state index is 11.3. The van der Waals surface area contributed by atoms with E-state index >= 15 is 0 Å². The number of benzene rings is 1. The number of ether oxygens (including phenoxy) is 3. The highest BCUT2D eigenvalue weighted by Crippen LogP contribution is 2.22. The van der Waals surface area contributed by atoms with E-state index in [1.165, 1.54) is 6.92 Å². The molecule has 0 amide bonds. The van der Waals surface area contributed by atoms with E-state index in [9.17, 15) is 9.59 Å². The van der Waals surface area contributed by atoms with Crippen molar-refractivity contribution in [3.8, 4) is 5.75 Å². The first-order valence-electron chi connectivity index (χ1n) is 8.50. The molecule has 25 heavy (non-hydrogen) atoms. The Hall–Kier alpha value is -1.92. The zero-order chi connectivity index (χ0) is 18.4. The fraction of sp³-hybridized carbons (Fsp3) is 0.579.